The van der Waals surface area contributed by atoms with E-state index in [1.165, 1.54) is 25.1 Å². The van der Waals surface area contributed by atoms with Crippen molar-refractivity contribution in [1.82, 2.24) is 0 Å². The first-order valence-electron chi connectivity index (χ1n) is 7.08. The Bertz CT molecular complexity index is 721. The molecule has 0 aliphatic rings. The lowest BCUT2D eigenvalue weighted by molar-refractivity contribution is -0.155. The Morgan fingerprint density at radius 1 is 1.21 bits per heavy atom. The zero-order valence-electron chi connectivity index (χ0n) is 12.8. The van der Waals surface area contributed by atoms with Gasteiger partial charge in [0.25, 0.3) is 5.91 Å². The minimum Gasteiger partial charge on any atom is -0.482 e. The number of benzene rings is 2. The molecule has 126 valence electrons. The van der Waals surface area contributed by atoms with Crippen LogP contribution in [-0.4, -0.2) is 24.6 Å². The molecule has 0 aromatic heterocycles. The molecule has 0 saturated heterocycles. The average molecular weight is 352 g/mol. The van der Waals surface area contributed by atoms with Crippen molar-refractivity contribution in [3.05, 3.63) is 59.4 Å². The molecule has 2 aromatic carbocycles. The van der Waals surface area contributed by atoms with Crippen LogP contribution in [0.2, 0.25) is 5.02 Å². The Morgan fingerprint density at radius 2 is 1.92 bits per heavy atom. The van der Waals surface area contributed by atoms with Gasteiger partial charge < -0.3 is 14.8 Å². The van der Waals surface area contributed by atoms with Crippen LogP contribution in [0, 0.1) is 5.82 Å². The van der Waals surface area contributed by atoms with Crippen LogP contribution < -0.4 is 10.1 Å². The first-order valence-corrected chi connectivity index (χ1v) is 7.46. The number of ether oxygens (including phenoxy) is 2. The molecule has 1 amide bonds. The number of anilines is 1. The summed E-state index contributed by atoms with van der Waals surface area (Å²) in [4.78, 5) is 23.6. The summed E-state index contributed by atoms with van der Waals surface area (Å²) in [5, 5.41) is 3.13. The lowest BCUT2D eigenvalue weighted by atomic mass is 10.3. The molecule has 2 aromatic rings. The van der Waals surface area contributed by atoms with Crippen molar-refractivity contribution in [2.45, 2.75) is 13.0 Å². The molecule has 5 nitrogen and oxygen atoms in total. The van der Waals surface area contributed by atoms with E-state index in [1.807, 2.05) is 0 Å². The number of carbonyl (C=O) groups is 2. The highest BCUT2D eigenvalue weighted by Crippen LogP contribution is 2.14. The molecular formula is C17H15ClFNO4. The fourth-order valence-electron chi connectivity index (χ4n) is 1.76. The van der Waals surface area contributed by atoms with Crippen LogP contribution >= 0.6 is 11.6 Å². The normalized spacial score (nSPS) is 11.5. The molecule has 1 N–H and O–H groups in total. The van der Waals surface area contributed by atoms with E-state index in [-0.39, 0.29) is 5.75 Å². The van der Waals surface area contributed by atoms with Gasteiger partial charge in [-0.25, -0.2) is 9.18 Å². The molecule has 24 heavy (non-hydrogen) atoms. The minimum atomic E-state index is -1.01. The summed E-state index contributed by atoms with van der Waals surface area (Å²) in [6.45, 7) is 1.01. The number of nitrogens with one attached hydrogen (secondary N) is 1. The van der Waals surface area contributed by atoms with Gasteiger partial charge in [-0.1, -0.05) is 17.7 Å². The van der Waals surface area contributed by atoms with Crippen LogP contribution in [0.3, 0.4) is 0 Å². The number of halogens is 2. The molecule has 0 heterocycles. The summed E-state index contributed by atoms with van der Waals surface area (Å²) in [5.74, 6) is -1.50. The van der Waals surface area contributed by atoms with E-state index in [4.69, 9.17) is 21.1 Å². The molecule has 0 saturated carbocycles. The quantitative estimate of drug-likeness (QED) is 0.810. The van der Waals surface area contributed by atoms with Gasteiger partial charge in [0, 0.05) is 16.8 Å². The maximum atomic E-state index is 13.0. The molecule has 7 heteroatoms. The van der Waals surface area contributed by atoms with Crippen LogP contribution in [-0.2, 0) is 14.3 Å². The monoisotopic (exact) mass is 351 g/mol. The molecule has 0 spiro atoms. The molecule has 0 radical (unpaired) electrons. The molecule has 0 unspecified atom stereocenters. The second-order valence-electron chi connectivity index (χ2n) is 4.87. The third-order valence-electron chi connectivity index (χ3n) is 2.94. The van der Waals surface area contributed by atoms with Crippen molar-refractivity contribution >= 4 is 29.2 Å². The Labute approximate surface area is 143 Å². The Balaban J connectivity index is 1.80. The summed E-state index contributed by atoms with van der Waals surface area (Å²) < 4.78 is 23.0. The molecule has 0 aliphatic heterocycles. The summed E-state index contributed by atoms with van der Waals surface area (Å²) in [5.41, 5.74) is 0.531. The maximum absolute atomic E-state index is 13.0. The van der Waals surface area contributed by atoms with E-state index in [2.05, 4.69) is 5.32 Å². The van der Waals surface area contributed by atoms with Crippen molar-refractivity contribution in [3.63, 3.8) is 0 Å². The predicted molar refractivity (Wildman–Crippen MR) is 87.5 cm³/mol. The van der Waals surface area contributed by atoms with Gasteiger partial charge in [-0.15, -0.1) is 0 Å². The zero-order chi connectivity index (χ0) is 17.5. The highest BCUT2D eigenvalue weighted by atomic mass is 35.5. The lowest BCUT2D eigenvalue weighted by Gasteiger charge is -2.14. The maximum Gasteiger partial charge on any atom is 0.344 e. The van der Waals surface area contributed by atoms with Crippen molar-refractivity contribution in [2.75, 3.05) is 11.9 Å². The molecule has 0 aliphatic carbocycles. The summed E-state index contributed by atoms with van der Waals surface area (Å²) in [6, 6.07) is 11.9. The second-order valence-corrected chi connectivity index (χ2v) is 5.31. The van der Waals surface area contributed by atoms with Crippen molar-refractivity contribution in [1.29, 1.82) is 0 Å². The number of hydrogen-bond acceptors (Lipinski definition) is 4. The number of esters is 1. The van der Waals surface area contributed by atoms with Gasteiger partial charge in [0.05, 0.1) is 0 Å². The van der Waals surface area contributed by atoms with Crippen molar-refractivity contribution < 1.29 is 23.5 Å². The van der Waals surface area contributed by atoms with E-state index in [0.29, 0.717) is 10.7 Å². The zero-order valence-corrected chi connectivity index (χ0v) is 13.5. The van der Waals surface area contributed by atoms with Gasteiger partial charge in [-0.3, -0.25) is 4.79 Å². The summed E-state index contributed by atoms with van der Waals surface area (Å²) >= 11 is 5.76. The van der Waals surface area contributed by atoms with Crippen molar-refractivity contribution in [3.8, 4) is 5.75 Å². The van der Waals surface area contributed by atoms with E-state index >= 15 is 0 Å². The second kappa shape index (κ2) is 8.31. The predicted octanol–water partition coefficient (Wildman–Crippen LogP) is 3.43. The summed E-state index contributed by atoms with van der Waals surface area (Å²) in [7, 11) is 0. The van der Waals surface area contributed by atoms with Gasteiger partial charge in [-0.05, 0) is 43.3 Å². The molecule has 0 fully saturated rings. The Morgan fingerprint density at radius 3 is 2.58 bits per heavy atom. The van der Waals surface area contributed by atoms with Gasteiger partial charge >= 0.3 is 5.97 Å². The van der Waals surface area contributed by atoms with Gasteiger partial charge in [0.15, 0.2) is 12.7 Å². The highest BCUT2D eigenvalue weighted by molar-refractivity contribution is 6.30. The number of hydrogen-bond donors (Lipinski definition) is 1. The summed E-state index contributed by atoms with van der Waals surface area (Å²) in [6.07, 6.45) is -1.01. The first kappa shape index (κ1) is 17.7. The van der Waals surface area contributed by atoms with E-state index < -0.39 is 30.4 Å². The third kappa shape index (κ3) is 5.55. The topological polar surface area (TPSA) is 64.6 Å². The Hall–Kier alpha value is -2.60. The Kier molecular flexibility index (Phi) is 6.14. The van der Waals surface area contributed by atoms with Gasteiger partial charge in [0.2, 0.25) is 0 Å². The largest absolute Gasteiger partial charge is 0.482 e. The average Bonchev–Trinajstić information content (AvgIpc) is 2.55. The smallest absolute Gasteiger partial charge is 0.344 e. The van der Waals surface area contributed by atoms with Gasteiger partial charge in [0.1, 0.15) is 11.6 Å². The first-order chi connectivity index (χ1) is 11.4. The fraction of sp³-hybridized carbons (Fsp3) is 0.176. The highest BCUT2D eigenvalue weighted by Gasteiger charge is 2.18. The minimum absolute atomic E-state index is 0.199. The van der Waals surface area contributed by atoms with Crippen LogP contribution in [0.25, 0.3) is 0 Å². The third-order valence-corrected chi connectivity index (χ3v) is 3.19. The number of rotatable bonds is 6. The van der Waals surface area contributed by atoms with Crippen LogP contribution in [0.15, 0.2) is 48.5 Å². The lowest BCUT2D eigenvalue weighted by Crippen LogP contribution is -2.31. The molecule has 2 rings (SSSR count). The molecule has 1 atom stereocenters. The number of amides is 1. The van der Waals surface area contributed by atoms with Crippen LogP contribution in [0.4, 0.5) is 10.1 Å². The molecule has 0 bridgehead atoms. The van der Waals surface area contributed by atoms with Crippen LogP contribution in [0.5, 0.6) is 5.75 Å². The fourth-order valence-corrected chi connectivity index (χ4v) is 1.89. The van der Waals surface area contributed by atoms with E-state index in [1.54, 1.807) is 24.3 Å². The van der Waals surface area contributed by atoms with E-state index in [0.717, 1.165) is 6.07 Å². The van der Waals surface area contributed by atoms with Crippen LogP contribution in [0.1, 0.15) is 6.92 Å². The van der Waals surface area contributed by atoms with E-state index in [9.17, 15) is 14.0 Å². The van der Waals surface area contributed by atoms with Gasteiger partial charge in [-0.2, -0.15) is 0 Å². The number of carbonyl (C=O) groups excluding carboxylic acids is 2. The molecular weight excluding hydrogens is 337 g/mol. The standard InChI is InChI=1S/C17H15ClFNO4/c1-11(17(22)20-14-7-5-12(18)6-8-14)24-16(21)10-23-15-4-2-3-13(19)9-15/h2-9,11H,10H2,1H3,(H,20,22)/t11-/m0/s1. The SMILES string of the molecule is C[C@H](OC(=O)COc1cccc(F)c1)C(=O)Nc1ccc(Cl)cc1. The van der Waals surface area contributed by atoms with Crippen molar-refractivity contribution in [2.24, 2.45) is 0 Å².